The van der Waals surface area contributed by atoms with Crippen LogP contribution >= 0.6 is 0 Å². The molecule has 0 saturated heterocycles. The highest BCUT2D eigenvalue weighted by Crippen LogP contribution is 2.24. The first-order valence-corrected chi connectivity index (χ1v) is 31.5. The van der Waals surface area contributed by atoms with Crippen molar-refractivity contribution >= 4 is 29.8 Å². The van der Waals surface area contributed by atoms with Gasteiger partial charge in [-0.2, -0.15) is 0 Å². The third kappa shape index (κ3) is 24.0. The molecule has 0 fully saturated rings. The van der Waals surface area contributed by atoms with E-state index >= 15 is 0 Å². The SMILES string of the molecule is CCCCCCCCCCCCCCOc1ccc(C(=O)Oc2ccc(C(=O)Oc3ccc(C(=O)OCc4cn(-c5ccc(OC(=O)c6ccc(OC(=O)c7ccc(OCCCCCCCCCCCCCC)cc7)cc6)cc5)nn4)cc3)cc2)cc1. The Bertz CT molecular complexity index is 3140. The zero-order valence-electron chi connectivity index (χ0n) is 50.8. The molecule has 0 N–H and O–H groups in total. The van der Waals surface area contributed by atoms with Gasteiger partial charge in [0, 0.05) is 0 Å². The van der Waals surface area contributed by atoms with Gasteiger partial charge < -0.3 is 33.2 Å². The Morgan fingerprint density at radius 2 is 0.586 bits per heavy atom. The van der Waals surface area contributed by atoms with Gasteiger partial charge in [0.05, 0.1) is 52.9 Å². The lowest BCUT2D eigenvalue weighted by molar-refractivity contribution is 0.0466. The molecule has 1 heterocycles. The maximum Gasteiger partial charge on any atom is 0.343 e. The zero-order valence-corrected chi connectivity index (χ0v) is 50.8. The lowest BCUT2D eigenvalue weighted by Crippen LogP contribution is -2.10. The van der Waals surface area contributed by atoms with Crippen LogP contribution in [0, 0.1) is 0 Å². The van der Waals surface area contributed by atoms with Gasteiger partial charge in [-0.1, -0.05) is 160 Å². The molecule has 1 aromatic heterocycles. The minimum Gasteiger partial charge on any atom is -0.494 e. The Balaban J connectivity index is 0.742. The predicted molar refractivity (Wildman–Crippen MR) is 336 cm³/mol. The highest BCUT2D eigenvalue weighted by atomic mass is 16.6. The molecule has 0 radical (unpaired) electrons. The molecule has 0 spiro atoms. The van der Waals surface area contributed by atoms with Crippen molar-refractivity contribution in [3.05, 3.63) is 185 Å². The third-order valence-electron chi connectivity index (χ3n) is 14.8. The minimum atomic E-state index is -0.645. The number of nitrogens with zero attached hydrogens (tertiary/aromatic N) is 3. The predicted octanol–water partition coefficient (Wildman–Crippen LogP) is 17.7. The molecular weight excluding hydrogens is 1100 g/mol. The Kier molecular flexibility index (Phi) is 28.6. The van der Waals surface area contributed by atoms with Gasteiger partial charge in [-0.15, -0.1) is 5.10 Å². The average Bonchev–Trinajstić information content (AvgIpc) is 4.17. The second kappa shape index (κ2) is 37.8. The second-order valence-corrected chi connectivity index (χ2v) is 21.9. The molecule has 6 aromatic carbocycles. The van der Waals surface area contributed by atoms with E-state index in [-0.39, 0.29) is 46.3 Å². The van der Waals surface area contributed by atoms with Crippen molar-refractivity contribution in [2.45, 2.75) is 175 Å². The first kappa shape index (κ1) is 65.9. The first-order chi connectivity index (χ1) is 42.6. The molecule has 7 rings (SSSR count). The lowest BCUT2D eigenvalue weighted by Gasteiger charge is -2.09. The summed E-state index contributed by atoms with van der Waals surface area (Å²) in [5.41, 5.74) is 2.43. The van der Waals surface area contributed by atoms with E-state index in [1.165, 1.54) is 206 Å². The summed E-state index contributed by atoms with van der Waals surface area (Å²) < 4.78 is 40.9. The Morgan fingerprint density at radius 1 is 0.322 bits per heavy atom. The summed E-state index contributed by atoms with van der Waals surface area (Å²) in [6.07, 6.45) is 32.4. The monoisotopic (exact) mass is 1180 g/mol. The number of hydrogen-bond donors (Lipinski definition) is 0. The molecule has 0 saturated carbocycles. The van der Waals surface area contributed by atoms with Crippen LogP contribution in [-0.4, -0.2) is 58.1 Å². The maximum atomic E-state index is 13.0. The summed E-state index contributed by atoms with van der Waals surface area (Å²) in [5, 5.41) is 8.24. The summed E-state index contributed by atoms with van der Waals surface area (Å²) in [6.45, 7) is 5.61. The van der Waals surface area contributed by atoms with Gasteiger partial charge >= 0.3 is 29.8 Å². The van der Waals surface area contributed by atoms with Crippen molar-refractivity contribution in [2.24, 2.45) is 0 Å². The standard InChI is InChI=1S/C72H85N3O12/c1-3-5-7-9-11-13-15-17-19-21-23-25-51-81-62-39-27-56(28-40-62)69(77)85-65-45-33-58(34-46-65)71(79)84-64-43-31-55(32-44-64)68(76)83-54-60-53-75(74-73-60)61-37-49-67(50-38-61)87-72(80)59-35-47-66(48-36-59)86-70(78)57-29-41-63(42-30-57)82-52-26-24-22-20-18-16-14-12-10-8-6-4-2/h27-50,53H,3-26,51-52,54H2,1-2H3. The Hall–Kier alpha value is -8.59. The van der Waals surface area contributed by atoms with E-state index in [4.69, 9.17) is 33.2 Å². The van der Waals surface area contributed by atoms with E-state index in [0.29, 0.717) is 47.2 Å². The normalized spacial score (nSPS) is 11.0. The fraction of sp³-hybridized carbons (Fsp3) is 0.403. The second-order valence-electron chi connectivity index (χ2n) is 21.9. The highest BCUT2D eigenvalue weighted by molar-refractivity contribution is 5.94. The van der Waals surface area contributed by atoms with Crippen molar-refractivity contribution in [2.75, 3.05) is 13.2 Å². The first-order valence-electron chi connectivity index (χ1n) is 31.5. The van der Waals surface area contributed by atoms with Crippen molar-refractivity contribution in [1.29, 1.82) is 0 Å². The number of aromatic nitrogens is 3. The zero-order chi connectivity index (χ0) is 61.1. The van der Waals surface area contributed by atoms with Crippen LogP contribution in [0.1, 0.15) is 225 Å². The van der Waals surface area contributed by atoms with E-state index < -0.39 is 29.8 Å². The molecule has 0 bridgehead atoms. The summed E-state index contributed by atoms with van der Waals surface area (Å²) in [6, 6.07) is 38.3. The number of hydrogen-bond acceptors (Lipinski definition) is 14. The average molecular weight is 1180 g/mol. The number of esters is 5. The molecular formula is C72H85N3O12. The van der Waals surface area contributed by atoms with Gasteiger partial charge in [-0.05, 0) is 158 Å². The summed E-state index contributed by atoms with van der Waals surface area (Å²) >= 11 is 0. The molecule has 15 nitrogen and oxygen atoms in total. The van der Waals surface area contributed by atoms with Crippen LogP contribution in [0.15, 0.2) is 152 Å². The largest absolute Gasteiger partial charge is 0.494 e. The Labute approximate surface area is 513 Å². The van der Waals surface area contributed by atoms with Gasteiger partial charge in [0.2, 0.25) is 0 Å². The number of carbonyl (C=O) groups is 5. The van der Waals surface area contributed by atoms with Crippen LogP contribution < -0.4 is 28.4 Å². The van der Waals surface area contributed by atoms with Crippen LogP contribution in [0.5, 0.6) is 34.5 Å². The lowest BCUT2D eigenvalue weighted by atomic mass is 10.1. The van der Waals surface area contributed by atoms with E-state index in [1.807, 2.05) is 0 Å². The summed E-state index contributed by atoms with van der Waals surface area (Å²) in [7, 11) is 0. The molecule has 0 aliphatic rings. The number of unbranched alkanes of at least 4 members (excludes halogenated alkanes) is 22. The molecule has 0 amide bonds. The van der Waals surface area contributed by atoms with Gasteiger partial charge in [0.15, 0.2) is 0 Å². The van der Waals surface area contributed by atoms with Crippen molar-refractivity contribution in [3.63, 3.8) is 0 Å². The molecule has 15 heteroatoms. The van der Waals surface area contributed by atoms with E-state index in [1.54, 1.807) is 79.0 Å². The van der Waals surface area contributed by atoms with Gasteiger partial charge in [0.1, 0.15) is 46.8 Å². The fourth-order valence-electron chi connectivity index (χ4n) is 9.66. The summed E-state index contributed by atoms with van der Waals surface area (Å²) in [5.74, 6) is -0.525. The number of carbonyl (C=O) groups excluding carboxylic acids is 5. The molecule has 460 valence electrons. The van der Waals surface area contributed by atoms with E-state index in [0.717, 1.165) is 25.7 Å². The van der Waals surface area contributed by atoms with E-state index in [2.05, 4.69) is 24.2 Å². The van der Waals surface area contributed by atoms with Crippen molar-refractivity contribution in [1.82, 2.24) is 15.0 Å². The fourth-order valence-corrected chi connectivity index (χ4v) is 9.66. The number of ether oxygens (including phenoxy) is 7. The third-order valence-corrected chi connectivity index (χ3v) is 14.8. The van der Waals surface area contributed by atoms with Crippen LogP contribution in [-0.2, 0) is 11.3 Å². The van der Waals surface area contributed by atoms with Crippen LogP contribution in [0.4, 0.5) is 0 Å². The number of benzene rings is 6. The van der Waals surface area contributed by atoms with Crippen molar-refractivity contribution in [3.8, 4) is 40.2 Å². The van der Waals surface area contributed by atoms with Gasteiger partial charge in [0.25, 0.3) is 0 Å². The van der Waals surface area contributed by atoms with Crippen molar-refractivity contribution < 1.29 is 57.1 Å². The molecule has 0 aliphatic heterocycles. The highest BCUT2D eigenvalue weighted by Gasteiger charge is 2.17. The van der Waals surface area contributed by atoms with Crippen LogP contribution in [0.25, 0.3) is 5.69 Å². The molecule has 0 atom stereocenters. The summed E-state index contributed by atoms with van der Waals surface area (Å²) in [4.78, 5) is 64.6. The minimum absolute atomic E-state index is 0.169. The van der Waals surface area contributed by atoms with Crippen LogP contribution in [0.2, 0.25) is 0 Å². The topological polar surface area (TPSA) is 181 Å². The van der Waals surface area contributed by atoms with Gasteiger partial charge in [-0.25, -0.2) is 28.7 Å². The molecule has 0 unspecified atom stereocenters. The smallest absolute Gasteiger partial charge is 0.343 e. The Morgan fingerprint density at radius 3 is 0.897 bits per heavy atom. The number of rotatable bonds is 40. The maximum absolute atomic E-state index is 13.0. The van der Waals surface area contributed by atoms with Crippen LogP contribution in [0.3, 0.4) is 0 Å². The quantitative estimate of drug-likeness (QED) is 0.0201. The molecule has 7 aromatic rings. The van der Waals surface area contributed by atoms with Gasteiger partial charge in [-0.3, -0.25) is 0 Å². The molecule has 0 aliphatic carbocycles. The van der Waals surface area contributed by atoms with E-state index in [9.17, 15) is 24.0 Å². The molecule has 87 heavy (non-hydrogen) atoms.